The molecule has 0 aliphatic heterocycles. The first kappa shape index (κ1) is 12.1. The molecule has 0 atom stereocenters. The average molecular weight is 242 g/mol. The van der Waals surface area contributed by atoms with Gasteiger partial charge in [0.2, 0.25) is 0 Å². The van der Waals surface area contributed by atoms with Crippen molar-refractivity contribution >= 4 is 11.4 Å². The van der Waals surface area contributed by atoms with Crippen LogP contribution in [-0.2, 0) is 0 Å². The van der Waals surface area contributed by atoms with E-state index in [-0.39, 0.29) is 0 Å². The molecule has 2 aromatic rings. The minimum atomic E-state index is 0.703. The number of nitroso groups, excluding NO2 is 1. The Kier molecular flexibility index (Phi) is 3.57. The average Bonchev–Trinajstić information content (AvgIpc) is 2.42. The monoisotopic (exact) mass is 242 g/mol. The second-order valence-corrected chi connectivity index (χ2v) is 3.93. The first-order chi connectivity index (χ1) is 8.74. The standard InChI is InChI=1S/C14H14N2O2/c1-11-3-5-12(6-4-11)16(15-17)13-7-9-14(18-2)10-8-13/h3-10H,1-2H3. The van der Waals surface area contributed by atoms with E-state index < -0.39 is 0 Å². The van der Waals surface area contributed by atoms with Crippen molar-refractivity contribution in [1.82, 2.24) is 0 Å². The summed E-state index contributed by atoms with van der Waals surface area (Å²) in [7, 11) is 1.60. The minimum Gasteiger partial charge on any atom is -0.497 e. The van der Waals surface area contributed by atoms with Crippen LogP contribution in [0.5, 0.6) is 5.75 Å². The summed E-state index contributed by atoms with van der Waals surface area (Å²) in [5, 5.41) is 4.40. The van der Waals surface area contributed by atoms with Gasteiger partial charge in [-0.05, 0) is 43.3 Å². The van der Waals surface area contributed by atoms with E-state index in [1.54, 1.807) is 31.4 Å². The van der Waals surface area contributed by atoms with E-state index in [0.717, 1.165) is 17.0 Å². The van der Waals surface area contributed by atoms with Gasteiger partial charge in [-0.25, -0.2) is 0 Å². The number of rotatable bonds is 4. The van der Waals surface area contributed by atoms with Crippen LogP contribution >= 0.6 is 0 Å². The fourth-order valence-corrected chi connectivity index (χ4v) is 1.65. The van der Waals surface area contributed by atoms with Crippen LogP contribution in [0.4, 0.5) is 11.4 Å². The lowest BCUT2D eigenvalue weighted by atomic mass is 10.2. The molecule has 0 aromatic heterocycles. The SMILES string of the molecule is COc1ccc(N(N=O)c2ccc(C)cc2)cc1. The summed E-state index contributed by atoms with van der Waals surface area (Å²) in [4.78, 5) is 11.0. The van der Waals surface area contributed by atoms with E-state index >= 15 is 0 Å². The van der Waals surface area contributed by atoms with E-state index in [4.69, 9.17) is 4.74 Å². The van der Waals surface area contributed by atoms with Gasteiger partial charge < -0.3 is 4.74 Å². The molecular weight excluding hydrogens is 228 g/mol. The molecule has 0 aliphatic carbocycles. The zero-order chi connectivity index (χ0) is 13.0. The van der Waals surface area contributed by atoms with Crippen molar-refractivity contribution in [3.63, 3.8) is 0 Å². The van der Waals surface area contributed by atoms with Crippen molar-refractivity contribution in [1.29, 1.82) is 0 Å². The van der Waals surface area contributed by atoms with Crippen LogP contribution in [0.1, 0.15) is 5.56 Å². The molecule has 0 N–H and O–H groups in total. The van der Waals surface area contributed by atoms with Gasteiger partial charge in [-0.2, -0.15) is 5.01 Å². The Morgan fingerprint density at radius 2 is 1.44 bits per heavy atom. The fraction of sp³-hybridized carbons (Fsp3) is 0.143. The van der Waals surface area contributed by atoms with Crippen molar-refractivity contribution in [3.8, 4) is 5.75 Å². The lowest BCUT2D eigenvalue weighted by molar-refractivity contribution is 0.415. The molecule has 0 radical (unpaired) electrons. The molecule has 0 spiro atoms. The van der Waals surface area contributed by atoms with E-state index in [1.165, 1.54) is 5.01 Å². The van der Waals surface area contributed by atoms with Crippen molar-refractivity contribution < 1.29 is 4.74 Å². The summed E-state index contributed by atoms with van der Waals surface area (Å²) >= 11 is 0. The molecule has 0 amide bonds. The number of methoxy groups -OCH3 is 1. The summed E-state index contributed by atoms with van der Waals surface area (Å²) in [5.74, 6) is 0.744. The highest BCUT2D eigenvalue weighted by Gasteiger charge is 2.09. The lowest BCUT2D eigenvalue weighted by Crippen LogP contribution is -2.07. The molecule has 0 saturated heterocycles. The minimum absolute atomic E-state index is 0.703. The molecule has 0 fully saturated rings. The largest absolute Gasteiger partial charge is 0.497 e. The second-order valence-electron chi connectivity index (χ2n) is 3.93. The Morgan fingerprint density at radius 1 is 0.944 bits per heavy atom. The summed E-state index contributed by atoms with van der Waals surface area (Å²) in [6.45, 7) is 2.00. The molecule has 0 bridgehead atoms. The van der Waals surface area contributed by atoms with Crippen molar-refractivity contribution in [2.75, 3.05) is 12.1 Å². The number of anilines is 2. The smallest absolute Gasteiger partial charge is 0.119 e. The molecular formula is C14H14N2O2. The van der Waals surface area contributed by atoms with Gasteiger partial charge in [-0.1, -0.05) is 17.7 Å². The Morgan fingerprint density at radius 3 is 1.89 bits per heavy atom. The molecule has 0 aliphatic rings. The van der Waals surface area contributed by atoms with Crippen molar-refractivity contribution in [3.05, 3.63) is 59.0 Å². The molecule has 0 saturated carbocycles. The third-order valence-electron chi connectivity index (χ3n) is 2.68. The lowest BCUT2D eigenvalue weighted by Gasteiger charge is -2.15. The number of hydrogen-bond donors (Lipinski definition) is 0. The van der Waals surface area contributed by atoms with Crippen LogP contribution in [0, 0.1) is 11.8 Å². The van der Waals surface area contributed by atoms with Gasteiger partial charge in [-0.3, -0.25) is 0 Å². The Balaban J connectivity index is 2.32. The van der Waals surface area contributed by atoms with E-state index in [9.17, 15) is 4.91 Å². The van der Waals surface area contributed by atoms with Crippen LogP contribution in [0.15, 0.2) is 53.8 Å². The van der Waals surface area contributed by atoms with Crippen LogP contribution < -0.4 is 9.75 Å². The Hall–Kier alpha value is -2.36. The molecule has 2 rings (SSSR count). The van der Waals surface area contributed by atoms with Gasteiger partial charge in [0.05, 0.1) is 23.8 Å². The fourth-order valence-electron chi connectivity index (χ4n) is 1.65. The summed E-state index contributed by atoms with van der Waals surface area (Å²) in [5.41, 5.74) is 2.58. The zero-order valence-electron chi connectivity index (χ0n) is 10.3. The van der Waals surface area contributed by atoms with Crippen molar-refractivity contribution in [2.45, 2.75) is 6.92 Å². The van der Waals surface area contributed by atoms with Crippen molar-refractivity contribution in [2.24, 2.45) is 5.29 Å². The molecule has 4 heteroatoms. The van der Waals surface area contributed by atoms with Gasteiger partial charge in [0.25, 0.3) is 0 Å². The van der Waals surface area contributed by atoms with Crippen LogP contribution in [0.25, 0.3) is 0 Å². The zero-order valence-corrected chi connectivity index (χ0v) is 10.3. The van der Waals surface area contributed by atoms with E-state index in [2.05, 4.69) is 5.29 Å². The maximum atomic E-state index is 11.0. The first-order valence-electron chi connectivity index (χ1n) is 5.58. The predicted octanol–water partition coefficient (Wildman–Crippen LogP) is 3.82. The molecule has 0 heterocycles. The highest BCUT2D eigenvalue weighted by atomic mass is 16.5. The second kappa shape index (κ2) is 5.31. The van der Waals surface area contributed by atoms with E-state index in [0.29, 0.717) is 5.69 Å². The maximum absolute atomic E-state index is 11.0. The number of ether oxygens (including phenoxy) is 1. The highest BCUT2D eigenvalue weighted by molar-refractivity contribution is 5.63. The predicted molar refractivity (Wildman–Crippen MR) is 72.1 cm³/mol. The molecule has 2 aromatic carbocycles. The number of benzene rings is 2. The normalized spacial score (nSPS) is 9.89. The van der Waals surface area contributed by atoms with Crippen LogP contribution in [-0.4, -0.2) is 7.11 Å². The van der Waals surface area contributed by atoms with Crippen LogP contribution in [0.3, 0.4) is 0 Å². The Labute approximate surface area is 106 Å². The summed E-state index contributed by atoms with van der Waals surface area (Å²) < 4.78 is 5.08. The van der Waals surface area contributed by atoms with E-state index in [1.807, 2.05) is 31.2 Å². The van der Waals surface area contributed by atoms with Gasteiger partial charge in [-0.15, -0.1) is 4.91 Å². The molecule has 0 unspecified atom stereocenters. The molecule has 92 valence electrons. The van der Waals surface area contributed by atoms with Gasteiger partial charge in [0.1, 0.15) is 5.75 Å². The topological polar surface area (TPSA) is 41.9 Å². The summed E-state index contributed by atoms with van der Waals surface area (Å²) in [6.07, 6.45) is 0. The quantitative estimate of drug-likeness (QED) is 0.604. The first-order valence-corrected chi connectivity index (χ1v) is 5.58. The molecule has 4 nitrogen and oxygen atoms in total. The third kappa shape index (κ3) is 2.48. The maximum Gasteiger partial charge on any atom is 0.119 e. The van der Waals surface area contributed by atoms with Gasteiger partial charge in [0.15, 0.2) is 0 Å². The van der Waals surface area contributed by atoms with Crippen LogP contribution in [0.2, 0.25) is 0 Å². The highest BCUT2D eigenvalue weighted by Crippen LogP contribution is 2.27. The number of hydrogen-bond acceptors (Lipinski definition) is 3. The number of aryl methyl sites for hydroxylation is 1. The molecule has 18 heavy (non-hydrogen) atoms. The Bertz CT molecular complexity index is 520. The summed E-state index contributed by atoms with van der Waals surface area (Å²) in [6, 6.07) is 14.8. The number of nitrogens with zero attached hydrogens (tertiary/aromatic N) is 2. The van der Waals surface area contributed by atoms with Gasteiger partial charge in [0, 0.05) is 0 Å². The van der Waals surface area contributed by atoms with Gasteiger partial charge >= 0.3 is 0 Å². The third-order valence-corrected chi connectivity index (χ3v) is 2.68.